The molecule has 3 N–H and O–H groups in total. The number of anilines is 4. The predicted octanol–water partition coefficient (Wildman–Crippen LogP) is 6.85. The van der Waals surface area contributed by atoms with Crippen molar-refractivity contribution in [3.63, 3.8) is 0 Å². The molecule has 0 spiro atoms. The number of fused-ring (bicyclic) bond motifs is 6. The van der Waals surface area contributed by atoms with E-state index in [1.165, 1.54) is 6.20 Å². The third-order valence-corrected chi connectivity index (χ3v) is 14.1. The molecule has 6 aromatic rings. The summed E-state index contributed by atoms with van der Waals surface area (Å²) < 4.78 is 9.46. The highest BCUT2D eigenvalue weighted by Crippen LogP contribution is 2.34. The number of hydrogen-bond donors (Lipinski definition) is 3. The number of ether oxygens (including phenoxy) is 1. The Morgan fingerprint density at radius 1 is 0.571 bits per heavy atom. The van der Waals surface area contributed by atoms with Crippen LogP contribution in [0.3, 0.4) is 0 Å². The van der Waals surface area contributed by atoms with Crippen molar-refractivity contribution >= 4 is 75.3 Å². The van der Waals surface area contributed by atoms with Crippen molar-refractivity contribution in [2.45, 2.75) is 129 Å². The molecule has 4 fully saturated rings. The van der Waals surface area contributed by atoms with Gasteiger partial charge in [0.1, 0.15) is 39.9 Å². The average Bonchev–Trinajstić information content (AvgIpc) is 4.27. The molecule has 10 rings (SSSR count). The van der Waals surface area contributed by atoms with Gasteiger partial charge in [0.2, 0.25) is 11.9 Å². The number of likely N-dealkylation sites (tertiary alicyclic amines) is 2. The molecule has 22 nitrogen and oxygen atoms in total. The third kappa shape index (κ3) is 11.5. The Balaban J connectivity index is 0.000000191. The first-order valence-corrected chi connectivity index (χ1v) is 26.3. The van der Waals surface area contributed by atoms with Crippen molar-refractivity contribution in [3.8, 4) is 0 Å². The van der Waals surface area contributed by atoms with Crippen LogP contribution >= 0.6 is 0 Å². The quantitative estimate of drug-likeness (QED) is 0.141. The number of piperazine rings is 2. The van der Waals surface area contributed by atoms with E-state index in [9.17, 15) is 24.0 Å². The van der Waals surface area contributed by atoms with E-state index >= 15 is 0 Å². The number of nitrogens with zero attached hydrogens (tertiary/aromatic N) is 13. The molecule has 10 heterocycles. The zero-order chi connectivity index (χ0) is 55.5. The van der Waals surface area contributed by atoms with Crippen LogP contribution in [-0.2, 0) is 15.8 Å². The van der Waals surface area contributed by atoms with Gasteiger partial charge in [-0.2, -0.15) is 9.97 Å². The molecule has 0 radical (unpaired) electrons. The SMILES string of the molecule is CN(C)C(=O)c1cc2cnc(Nc3ccc(C(=O)N4CC5CCC(C4)N5)cn3)nc2n1C(C)(C)C.CN(C)C(=O)c1cc2cnc(Nc3ccc(C(=O)N4CC5CCC(C4)N5C(=O)OC(C)(C)C)cn3)nc2n1C(C)(C)C. The Bertz CT molecular complexity index is 3190. The normalized spacial score (nSPS) is 19.2. The number of nitrogens with one attached hydrogen (secondary N) is 3. The Morgan fingerprint density at radius 3 is 1.35 bits per heavy atom. The van der Waals surface area contributed by atoms with E-state index in [4.69, 9.17) is 14.7 Å². The molecule has 6 aromatic heterocycles. The number of carbonyl (C=O) groups excluding carboxylic acids is 5. The largest absolute Gasteiger partial charge is 0.444 e. The van der Waals surface area contributed by atoms with E-state index in [0.29, 0.717) is 82.5 Å². The molecule has 4 unspecified atom stereocenters. The second-order valence-corrected chi connectivity index (χ2v) is 23.9. The zero-order valence-corrected chi connectivity index (χ0v) is 46.5. The van der Waals surface area contributed by atoms with Crippen LogP contribution in [0, 0.1) is 0 Å². The number of carbonyl (C=O) groups is 5. The third-order valence-electron chi connectivity index (χ3n) is 14.1. The molecule has 4 bridgehead atoms. The van der Waals surface area contributed by atoms with Crippen molar-refractivity contribution in [3.05, 3.63) is 83.7 Å². The summed E-state index contributed by atoms with van der Waals surface area (Å²) in [4.78, 5) is 100. The molecule has 0 saturated carbocycles. The summed E-state index contributed by atoms with van der Waals surface area (Å²) in [5.74, 6) is 1.42. The maximum Gasteiger partial charge on any atom is 0.410 e. The molecule has 5 amide bonds. The summed E-state index contributed by atoms with van der Waals surface area (Å²) in [6.07, 6.45) is 10.2. The summed E-state index contributed by atoms with van der Waals surface area (Å²) in [5, 5.41) is 11.3. The van der Waals surface area contributed by atoms with Gasteiger partial charge >= 0.3 is 6.09 Å². The Hall–Kier alpha value is -7.75. The van der Waals surface area contributed by atoms with E-state index in [0.717, 1.165) is 49.5 Å². The fourth-order valence-corrected chi connectivity index (χ4v) is 10.7. The lowest BCUT2D eigenvalue weighted by Crippen LogP contribution is -2.57. The molecule has 77 heavy (non-hydrogen) atoms. The molecular weight excluding hydrogens is 981 g/mol. The summed E-state index contributed by atoms with van der Waals surface area (Å²) in [6, 6.07) is 11.3. The molecule has 4 saturated heterocycles. The summed E-state index contributed by atoms with van der Waals surface area (Å²) in [5.41, 5.74) is 2.12. The van der Waals surface area contributed by atoms with Gasteiger partial charge < -0.3 is 49.4 Å². The number of aromatic nitrogens is 8. The maximum absolute atomic E-state index is 13.3. The lowest BCUT2D eigenvalue weighted by molar-refractivity contribution is -0.00337. The average molecular weight is 1050 g/mol. The molecule has 0 aromatic carbocycles. The predicted molar refractivity (Wildman–Crippen MR) is 293 cm³/mol. The lowest BCUT2D eigenvalue weighted by Gasteiger charge is -2.41. The smallest absolute Gasteiger partial charge is 0.410 e. The number of pyridine rings is 2. The molecule has 4 aliphatic heterocycles. The van der Waals surface area contributed by atoms with Gasteiger partial charge in [0.15, 0.2) is 0 Å². The second-order valence-electron chi connectivity index (χ2n) is 23.9. The summed E-state index contributed by atoms with van der Waals surface area (Å²) >= 11 is 0. The van der Waals surface area contributed by atoms with Crippen molar-refractivity contribution in [2.75, 3.05) is 65.0 Å². The summed E-state index contributed by atoms with van der Waals surface area (Å²) in [7, 11) is 6.91. The van der Waals surface area contributed by atoms with Crippen molar-refractivity contribution < 1.29 is 28.7 Å². The Morgan fingerprint density at radius 2 is 0.987 bits per heavy atom. The standard InChI is InChI=1S/C30H40N8O4.C25H32N8O2/c1-29(2,3)38-22(26(40)35(7)8)13-19-15-32-27(34-24(19)38)33-23-12-9-18(14-31-23)25(39)36-16-20-10-11-21(17-36)37(20)28(41)42-30(4,5)6;1-25(2,3)33-19(23(35)31(4)5)10-16-12-27-24(30-21(16)33)29-20-9-6-15(11-26-20)22(34)32-13-17-7-8-18(14-32)28-17/h9,12-15,20-21H,10-11,16-17H2,1-8H3,(H,31,32,33,34);6,9-12,17-18,28H,7-8,13-14H2,1-5H3,(H,26,27,29,30). The van der Waals surface area contributed by atoms with Crippen LogP contribution in [0.25, 0.3) is 22.1 Å². The van der Waals surface area contributed by atoms with Gasteiger partial charge in [-0.25, -0.2) is 24.7 Å². The van der Waals surface area contributed by atoms with Crippen LogP contribution < -0.4 is 16.0 Å². The van der Waals surface area contributed by atoms with Gasteiger partial charge in [0.05, 0.1) is 23.2 Å². The summed E-state index contributed by atoms with van der Waals surface area (Å²) in [6.45, 7) is 20.2. The van der Waals surface area contributed by atoms with Gasteiger partial charge in [-0.1, -0.05) is 0 Å². The first-order chi connectivity index (χ1) is 36.2. The molecule has 22 heteroatoms. The van der Waals surface area contributed by atoms with Crippen LogP contribution in [0.15, 0.2) is 61.2 Å². The van der Waals surface area contributed by atoms with Gasteiger partial charge in [-0.05, 0) is 124 Å². The van der Waals surface area contributed by atoms with E-state index in [-0.39, 0.29) is 47.3 Å². The highest BCUT2D eigenvalue weighted by atomic mass is 16.6. The van der Waals surface area contributed by atoms with Crippen LogP contribution in [0.2, 0.25) is 0 Å². The minimum Gasteiger partial charge on any atom is -0.444 e. The van der Waals surface area contributed by atoms with Gasteiger partial charge in [-0.3, -0.25) is 24.1 Å². The van der Waals surface area contributed by atoms with Crippen LogP contribution in [0.1, 0.15) is 130 Å². The van der Waals surface area contributed by atoms with Gasteiger partial charge in [0, 0.05) is 113 Å². The fourth-order valence-electron chi connectivity index (χ4n) is 10.7. The van der Waals surface area contributed by atoms with Crippen LogP contribution in [-0.4, -0.2) is 177 Å². The van der Waals surface area contributed by atoms with Crippen LogP contribution in [0.5, 0.6) is 0 Å². The highest BCUT2D eigenvalue weighted by Gasteiger charge is 2.45. The van der Waals surface area contributed by atoms with Crippen molar-refractivity contribution in [1.29, 1.82) is 0 Å². The topological polar surface area (TPSA) is 234 Å². The Kier molecular flexibility index (Phi) is 14.5. The van der Waals surface area contributed by atoms with Gasteiger partial charge in [0.25, 0.3) is 23.6 Å². The number of amides is 5. The van der Waals surface area contributed by atoms with Crippen molar-refractivity contribution in [1.82, 2.24) is 68.9 Å². The zero-order valence-electron chi connectivity index (χ0n) is 46.5. The molecule has 4 aliphatic rings. The van der Waals surface area contributed by atoms with E-state index in [2.05, 4.69) is 35.9 Å². The first kappa shape index (κ1) is 54.1. The Labute approximate surface area is 449 Å². The maximum atomic E-state index is 13.3. The van der Waals surface area contributed by atoms with Gasteiger partial charge in [-0.15, -0.1) is 0 Å². The second kappa shape index (κ2) is 20.7. The van der Waals surface area contributed by atoms with E-state index in [1.807, 2.05) is 93.4 Å². The molecule has 0 aliphatic carbocycles. The number of rotatable bonds is 8. The first-order valence-electron chi connectivity index (χ1n) is 26.3. The minimum atomic E-state index is -0.563. The lowest BCUT2D eigenvalue weighted by atomic mass is 10.1. The molecular formula is C55H72N16O6. The molecule has 408 valence electrons. The van der Waals surface area contributed by atoms with E-state index < -0.39 is 11.1 Å². The monoisotopic (exact) mass is 1050 g/mol. The number of hydrogen-bond acceptors (Lipinski definition) is 15. The molecule has 4 atom stereocenters. The van der Waals surface area contributed by atoms with Crippen LogP contribution in [0.4, 0.5) is 28.3 Å². The van der Waals surface area contributed by atoms with E-state index in [1.54, 1.807) is 85.7 Å². The fraction of sp³-hybridized carbons (Fsp3) is 0.509. The minimum absolute atomic E-state index is 0.0150. The van der Waals surface area contributed by atoms with Crippen molar-refractivity contribution in [2.24, 2.45) is 0 Å². The highest BCUT2D eigenvalue weighted by molar-refractivity contribution is 5.99.